The molecule has 0 bridgehead atoms. The van der Waals surface area contributed by atoms with Gasteiger partial charge in [-0.25, -0.2) is 0 Å². The molecule has 1 fully saturated rings. The number of piperazine rings is 1. The third-order valence-corrected chi connectivity index (χ3v) is 4.92. The summed E-state index contributed by atoms with van der Waals surface area (Å²) in [6, 6.07) is 5.94. The molecule has 0 saturated carbocycles. The van der Waals surface area contributed by atoms with Crippen molar-refractivity contribution < 1.29 is 14.5 Å². The van der Waals surface area contributed by atoms with Crippen molar-refractivity contribution in [1.82, 2.24) is 10.6 Å². The first-order valence-electron chi connectivity index (χ1n) is 9.14. The van der Waals surface area contributed by atoms with Gasteiger partial charge < -0.3 is 20.4 Å². The maximum absolute atomic E-state index is 12.2. The molecular formula is C19H31N4O2+. The van der Waals surface area contributed by atoms with E-state index < -0.39 is 6.04 Å². The topological polar surface area (TPSA) is 65.9 Å². The molecule has 0 radical (unpaired) electrons. The first-order chi connectivity index (χ1) is 11.9. The van der Waals surface area contributed by atoms with Crippen LogP contribution in [0.2, 0.25) is 0 Å². The van der Waals surface area contributed by atoms with Gasteiger partial charge in [-0.05, 0) is 44.9 Å². The molecule has 0 spiro atoms. The Bertz CT molecular complexity index is 609. The number of amides is 2. The molecule has 6 heteroatoms. The SMILES string of the molecule is CCNC(=O)[C@@H](C)NC(=O)C[NH+]1CCN(c2cccc(C)c2C)CC1. The maximum Gasteiger partial charge on any atom is 0.275 e. The highest BCUT2D eigenvalue weighted by molar-refractivity contribution is 5.87. The fourth-order valence-electron chi connectivity index (χ4n) is 3.23. The average Bonchev–Trinajstić information content (AvgIpc) is 2.58. The Morgan fingerprint density at radius 1 is 1.24 bits per heavy atom. The second-order valence-corrected chi connectivity index (χ2v) is 6.82. The Hall–Kier alpha value is -2.08. The van der Waals surface area contributed by atoms with Crippen LogP contribution in [0.5, 0.6) is 0 Å². The van der Waals surface area contributed by atoms with E-state index in [4.69, 9.17) is 0 Å². The molecule has 1 aromatic carbocycles. The number of likely N-dealkylation sites (N-methyl/N-ethyl adjacent to an activating group) is 1. The fourth-order valence-corrected chi connectivity index (χ4v) is 3.23. The molecular weight excluding hydrogens is 316 g/mol. The number of benzene rings is 1. The van der Waals surface area contributed by atoms with E-state index in [2.05, 4.69) is 47.6 Å². The molecule has 1 saturated heterocycles. The summed E-state index contributed by atoms with van der Waals surface area (Å²) < 4.78 is 0. The molecule has 138 valence electrons. The first-order valence-corrected chi connectivity index (χ1v) is 9.14. The molecule has 1 aliphatic rings. The summed E-state index contributed by atoms with van der Waals surface area (Å²) >= 11 is 0. The monoisotopic (exact) mass is 347 g/mol. The van der Waals surface area contributed by atoms with E-state index in [1.165, 1.54) is 21.7 Å². The zero-order valence-corrected chi connectivity index (χ0v) is 15.8. The summed E-state index contributed by atoms with van der Waals surface area (Å²) in [5.74, 6) is -0.195. The lowest BCUT2D eigenvalue weighted by molar-refractivity contribution is -0.892. The lowest BCUT2D eigenvalue weighted by Crippen LogP contribution is -3.16. The lowest BCUT2D eigenvalue weighted by atomic mass is 10.1. The molecule has 2 amide bonds. The van der Waals surface area contributed by atoms with Gasteiger partial charge in [-0.15, -0.1) is 0 Å². The van der Waals surface area contributed by atoms with Crippen LogP contribution in [0.25, 0.3) is 0 Å². The Morgan fingerprint density at radius 3 is 2.56 bits per heavy atom. The Kier molecular flexibility index (Phi) is 6.82. The molecule has 1 aromatic rings. The van der Waals surface area contributed by atoms with E-state index >= 15 is 0 Å². The van der Waals surface area contributed by atoms with Crippen molar-refractivity contribution >= 4 is 17.5 Å². The highest BCUT2D eigenvalue weighted by atomic mass is 16.2. The largest absolute Gasteiger partial charge is 0.360 e. The van der Waals surface area contributed by atoms with Gasteiger partial charge in [0.15, 0.2) is 6.54 Å². The van der Waals surface area contributed by atoms with Gasteiger partial charge in [0, 0.05) is 12.2 Å². The van der Waals surface area contributed by atoms with Gasteiger partial charge in [-0.3, -0.25) is 9.59 Å². The smallest absolute Gasteiger partial charge is 0.275 e. The summed E-state index contributed by atoms with van der Waals surface area (Å²) in [6.07, 6.45) is 0. The van der Waals surface area contributed by atoms with Crippen molar-refractivity contribution in [2.45, 2.75) is 33.7 Å². The number of anilines is 1. The van der Waals surface area contributed by atoms with Crippen molar-refractivity contribution in [3.63, 3.8) is 0 Å². The van der Waals surface area contributed by atoms with Crippen molar-refractivity contribution in [3.05, 3.63) is 29.3 Å². The summed E-state index contributed by atoms with van der Waals surface area (Å²) in [5.41, 5.74) is 3.94. The number of aryl methyl sites for hydroxylation is 1. The second-order valence-electron chi connectivity index (χ2n) is 6.82. The molecule has 1 aliphatic heterocycles. The zero-order chi connectivity index (χ0) is 18.4. The van der Waals surface area contributed by atoms with Crippen molar-refractivity contribution in [2.75, 3.05) is 44.2 Å². The van der Waals surface area contributed by atoms with E-state index in [1.54, 1.807) is 6.92 Å². The standard InChI is InChI=1S/C19H30N4O2/c1-5-20-19(25)16(4)21-18(24)13-22-9-11-23(12-10-22)17-8-6-7-14(2)15(17)3/h6-8,16H,5,9-13H2,1-4H3,(H,20,25)(H,21,24)/p+1/t16-/m1/s1. The van der Waals surface area contributed by atoms with E-state index in [0.29, 0.717) is 13.1 Å². The predicted molar refractivity (Wildman–Crippen MR) is 100.0 cm³/mol. The van der Waals surface area contributed by atoms with Gasteiger partial charge in [0.1, 0.15) is 6.04 Å². The zero-order valence-electron chi connectivity index (χ0n) is 15.8. The summed E-state index contributed by atoms with van der Waals surface area (Å²) in [5, 5.41) is 5.51. The second kappa shape index (κ2) is 8.85. The molecule has 1 heterocycles. The lowest BCUT2D eigenvalue weighted by Gasteiger charge is -2.34. The Balaban J connectivity index is 1.81. The van der Waals surface area contributed by atoms with Crippen LogP contribution >= 0.6 is 0 Å². The van der Waals surface area contributed by atoms with Crippen LogP contribution in [-0.4, -0.2) is 57.1 Å². The van der Waals surface area contributed by atoms with E-state index in [9.17, 15) is 9.59 Å². The highest BCUT2D eigenvalue weighted by Crippen LogP contribution is 2.22. The predicted octanol–water partition coefficient (Wildman–Crippen LogP) is -0.351. The van der Waals surface area contributed by atoms with Gasteiger partial charge in [-0.2, -0.15) is 0 Å². The average molecular weight is 347 g/mol. The number of rotatable bonds is 6. The molecule has 1 atom stereocenters. The van der Waals surface area contributed by atoms with E-state index in [0.717, 1.165) is 26.2 Å². The number of carbonyl (C=O) groups excluding carboxylic acids is 2. The normalized spacial score (nSPS) is 16.4. The van der Waals surface area contributed by atoms with E-state index in [-0.39, 0.29) is 11.8 Å². The Labute approximate surface area is 150 Å². The Morgan fingerprint density at radius 2 is 1.92 bits per heavy atom. The highest BCUT2D eigenvalue weighted by Gasteiger charge is 2.24. The van der Waals surface area contributed by atoms with Crippen LogP contribution in [0.15, 0.2) is 18.2 Å². The van der Waals surface area contributed by atoms with Crippen molar-refractivity contribution in [3.8, 4) is 0 Å². The summed E-state index contributed by atoms with van der Waals surface area (Å²) in [6.45, 7) is 12.6. The maximum atomic E-state index is 12.2. The number of carbonyl (C=O) groups is 2. The van der Waals surface area contributed by atoms with Crippen LogP contribution in [-0.2, 0) is 9.59 Å². The first kappa shape index (κ1) is 19.2. The van der Waals surface area contributed by atoms with Gasteiger partial charge in [0.2, 0.25) is 5.91 Å². The number of nitrogens with one attached hydrogen (secondary N) is 3. The molecule has 0 unspecified atom stereocenters. The van der Waals surface area contributed by atoms with Gasteiger partial charge in [0.25, 0.3) is 5.91 Å². The number of nitrogens with zero attached hydrogens (tertiary/aromatic N) is 1. The number of quaternary nitrogens is 1. The van der Waals surface area contributed by atoms with Crippen LogP contribution in [0, 0.1) is 13.8 Å². The minimum absolute atomic E-state index is 0.0612. The molecule has 0 aromatic heterocycles. The van der Waals surface area contributed by atoms with Crippen LogP contribution < -0.4 is 20.4 Å². The molecule has 3 N–H and O–H groups in total. The van der Waals surface area contributed by atoms with Crippen LogP contribution in [0.4, 0.5) is 5.69 Å². The van der Waals surface area contributed by atoms with Crippen molar-refractivity contribution in [1.29, 1.82) is 0 Å². The van der Waals surface area contributed by atoms with Gasteiger partial charge in [0.05, 0.1) is 26.2 Å². The van der Waals surface area contributed by atoms with Gasteiger partial charge in [-0.1, -0.05) is 12.1 Å². The van der Waals surface area contributed by atoms with Gasteiger partial charge >= 0.3 is 0 Å². The van der Waals surface area contributed by atoms with E-state index in [1.807, 2.05) is 6.92 Å². The fraction of sp³-hybridized carbons (Fsp3) is 0.579. The van der Waals surface area contributed by atoms with Crippen molar-refractivity contribution in [2.24, 2.45) is 0 Å². The summed E-state index contributed by atoms with van der Waals surface area (Å²) in [7, 11) is 0. The molecule has 6 nitrogen and oxygen atoms in total. The number of hydrogen-bond donors (Lipinski definition) is 3. The third kappa shape index (κ3) is 5.19. The minimum atomic E-state index is -0.483. The minimum Gasteiger partial charge on any atom is -0.360 e. The van der Waals surface area contributed by atoms with Crippen LogP contribution in [0.1, 0.15) is 25.0 Å². The number of hydrogen-bond acceptors (Lipinski definition) is 3. The quantitative estimate of drug-likeness (QED) is 0.659. The summed E-state index contributed by atoms with van der Waals surface area (Å²) in [4.78, 5) is 27.5. The molecule has 2 rings (SSSR count). The van der Waals surface area contributed by atoms with Crippen LogP contribution in [0.3, 0.4) is 0 Å². The third-order valence-electron chi connectivity index (χ3n) is 4.92. The molecule has 0 aliphatic carbocycles. The molecule has 25 heavy (non-hydrogen) atoms.